The Balaban J connectivity index is 1.51. The summed E-state index contributed by atoms with van der Waals surface area (Å²) in [5.41, 5.74) is 1.29. The number of aromatic hydroxyl groups is 2. The molecule has 0 atom stereocenters. The number of anilines is 1. The lowest BCUT2D eigenvalue weighted by atomic mass is 10.2. The first-order valence-corrected chi connectivity index (χ1v) is 7.99. The van der Waals surface area contributed by atoms with Crippen molar-refractivity contribution in [3.63, 3.8) is 0 Å². The van der Waals surface area contributed by atoms with Crippen LogP contribution in [0.2, 0.25) is 0 Å². The number of rotatable bonds is 5. The van der Waals surface area contributed by atoms with Gasteiger partial charge in [-0.1, -0.05) is 24.3 Å². The number of phenols is 2. The van der Waals surface area contributed by atoms with Crippen molar-refractivity contribution >= 4 is 11.7 Å². The molecule has 3 rings (SSSR count). The molecule has 6 heteroatoms. The SMILES string of the molecule is O=C(NCc1ccc(O)c(O)c1)Nc1ccc(Oc2ccccc2)cc1. The van der Waals surface area contributed by atoms with Crippen LogP contribution >= 0.6 is 0 Å². The molecule has 3 aromatic rings. The Kier molecular flexibility index (Phi) is 5.24. The van der Waals surface area contributed by atoms with Crippen molar-refractivity contribution in [2.24, 2.45) is 0 Å². The van der Waals surface area contributed by atoms with Gasteiger partial charge in [0.15, 0.2) is 11.5 Å². The Bertz CT molecular complexity index is 880. The highest BCUT2D eigenvalue weighted by atomic mass is 16.5. The number of hydrogen-bond acceptors (Lipinski definition) is 4. The van der Waals surface area contributed by atoms with Crippen molar-refractivity contribution in [3.05, 3.63) is 78.4 Å². The van der Waals surface area contributed by atoms with E-state index in [-0.39, 0.29) is 24.1 Å². The van der Waals surface area contributed by atoms with Crippen molar-refractivity contribution in [2.75, 3.05) is 5.32 Å². The first-order chi connectivity index (χ1) is 12.6. The average Bonchev–Trinajstić information content (AvgIpc) is 2.65. The number of ether oxygens (including phenoxy) is 1. The Morgan fingerprint density at radius 2 is 1.54 bits per heavy atom. The molecule has 2 amide bonds. The molecule has 6 nitrogen and oxygen atoms in total. The second kappa shape index (κ2) is 7.94. The van der Waals surface area contributed by atoms with Crippen LogP contribution in [0, 0.1) is 0 Å². The zero-order chi connectivity index (χ0) is 18.4. The number of para-hydroxylation sites is 1. The molecule has 0 radical (unpaired) electrons. The molecule has 0 aliphatic heterocycles. The van der Waals surface area contributed by atoms with Gasteiger partial charge in [0, 0.05) is 12.2 Å². The van der Waals surface area contributed by atoms with Gasteiger partial charge >= 0.3 is 6.03 Å². The van der Waals surface area contributed by atoms with Crippen LogP contribution < -0.4 is 15.4 Å². The van der Waals surface area contributed by atoms with Crippen LogP contribution in [0.15, 0.2) is 72.8 Å². The molecule has 3 aromatic carbocycles. The molecule has 4 N–H and O–H groups in total. The van der Waals surface area contributed by atoms with Gasteiger partial charge in [-0.2, -0.15) is 0 Å². The summed E-state index contributed by atoms with van der Waals surface area (Å²) in [6.45, 7) is 0.217. The number of amides is 2. The van der Waals surface area contributed by atoms with Crippen LogP contribution in [0.5, 0.6) is 23.0 Å². The molecule has 0 aliphatic carbocycles. The largest absolute Gasteiger partial charge is 0.504 e. The first kappa shape index (κ1) is 17.2. The highest BCUT2D eigenvalue weighted by Crippen LogP contribution is 2.25. The molecule has 0 fully saturated rings. The molecule has 132 valence electrons. The van der Waals surface area contributed by atoms with E-state index in [1.807, 2.05) is 30.3 Å². The smallest absolute Gasteiger partial charge is 0.319 e. The number of nitrogens with one attached hydrogen (secondary N) is 2. The standard InChI is InChI=1S/C20H18N2O4/c23-18-11-6-14(12-19(18)24)13-21-20(25)22-15-7-9-17(10-8-15)26-16-4-2-1-3-5-16/h1-12,23-24H,13H2,(H2,21,22,25). The minimum Gasteiger partial charge on any atom is -0.504 e. The van der Waals surface area contributed by atoms with Gasteiger partial charge in [0.1, 0.15) is 11.5 Å². The van der Waals surface area contributed by atoms with E-state index >= 15 is 0 Å². The van der Waals surface area contributed by atoms with Gasteiger partial charge in [-0.25, -0.2) is 4.79 Å². The van der Waals surface area contributed by atoms with Gasteiger partial charge in [-0.05, 0) is 54.1 Å². The first-order valence-electron chi connectivity index (χ1n) is 7.99. The van der Waals surface area contributed by atoms with Crippen molar-refractivity contribution in [1.29, 1.82) is 0 Å². The molecule has 0 heterocycles. The van der Waals surface area contributed by atoms with E-state index in [2.05, 4.69) is 10.6 Å². The van der Waals surface area contributed by atoms with Crippen molar-refractivity contribution < 1.29 is 19.7 Å². The molecule has 0 saturated heterocycles. The van der Waals surface area contributed by atoms with Gasteiger partial charge in [-0.15, -0.1) is 0 Å². The maximum absolute atomic E-state index is 11.9. The van der Waals surface area contributed by atoms with E-state index < -0.39 is 0 Å². The lowest BCUT2D eigenvalue weighted by molar-refractivity contribution is 0.251. The molecule has 26 heavy (non-hydrogen) atoms. The molecule has 0 aromatic heterocycles. The molecule has 0 aliphatic rings. The molecule has 0 unspecified atom stereocenters. The Morgan fingerprint density at radius 1 is 0.846 bits per heavy atom. The lowest BCUT2D eigenvalue weighted by Crippen LogP contribution is -2.28. The van der Waals surface area contributed by atoms with Crippen molar-refractivity contribution in [2.45, 2.75) is 6.54 Å². The summed E-state index contributed by atoms with van der Waals surface area (Å²) in [4.78, 5) is 11.9. The highest BCUT2D eigenvalue weighted by molar-refractivity contribution is 5.89. The van der Waals surface area contributed by atoms with Crippen LogP contribution in [0.1, 0.15) is 5.56 Å². The van der Waals surface area contributed by atoms with Gasteiger partial charge < -0.3 is 25.6 Å². The molecular formula is C20H18N2O4. The second-order valence-electron chi connectivity index (χ2n) is 5.57. The third-order valence-corrected chi connectivity index (χ3v) is 3.58. The Morgan fingerprint density at radius 3 is 2.23 bits per heavy atom. The molecule has 0 bridgehead atoms. The van der Waals surface area contributed by atoms with E-state index in [4.69, 9.17) is 4.74 Å². The lowest BCUT2D eigenvalue weighted by Gasteiger charge is -2.10. The fourth-order valence-electron chi connectivity index (χ4n) is 2.27. The zero-order valence-electron chi connectivity index (χ0n) is 13.8. The van der Waals surface area contributed by atoms with Crippen molar-refractivity contribution in [1.82, 2.24) is 5.32 Å². The number of urea groups is 1. The summed E-state index contributed by atoms with van der Waals surface area (Å²) in [7, 11) is 0. The molecule has 0 spiro atoms. The summed E-state index contributed by atoms with van der Waals surface area (Å²) in [5.74, 6) is 0.986. The van der Waals surface area contributed by atoms with Gasteiger partial charge in [0.25, 0.3) is 0 Å². The third kappa shape index (κ3) is 4.67. The number of carbonyl (C=O) groups is 1. The normalized spacial score (nSPS) is 10.2. The topological polar surface area (TPSA) is 90.8 Å². The quantitative estimate of drug-likeness (QED) is 0.519. The highest BCUT2D eigenvalue weighted by Gasteiger charge is 2.05. The summed E-state index contributed by atoms with van der Waals surface area (Å²) in [6, 6.07) is 20.4. The predicted molar refractivity (Wildman–Crippen MR) is 98.6 cm³/mol. The van der Waals surface area contributed by atoms with E-state index in [1.54, 1.807) is 30.3 Å². The van der Waals surface area contributed by atoms with Crippen LogP contribution in [-0.4, -0.2) is 16.2 Å². The molecule has 0 saturated carbocycles. The monoisotopic (exact) mass is 350 g/mol. The Labute approximate surface area is 150 Å². The maximum atomic E-state index is 11.9. The van der Waals surface area contributed by atoms with Gasteiger partial charge in [0.2, 0.25) is 0 Å². The zero-order valence-corrected chi connectivity index (χ0v) is 13.8. The Hall–Kier alpha value is -3.67. The second-order valence-corrected chi connectivity index (χ2v) is 5.57. The molecular weight excluding hydrogens is 332 g/mol. The van der Waals surface area contributed by atoms with E-state index in [0.717, 1.165) is 5.75 Å². The van der Waals surface area contributed by atoms with Crippen LogP contribution in [0.25, 0.3) is 0 Å². The van der Waals surface area contributed by atoms with E-state index in [1.165, 1.54) is 12.1 Å². The number of phenolic OH excluding ortho intramolecular Hbond substituents is 2. The maximum Gasteiger partial charge on any atom is 0.319 e. The van der Waals surface area contributed by atoms with Crippen LogP contribution in [0.4, 0.5) is 10.5 Å². The van der Waals surface area contributed by atoms with Crippen LogP contribution in [-0.2, 0) is 6.54 Å². The summed E-state index contributed by atoms with van der Waals surface area (Å²) < 4.78 is 5.69. The van der Waals surface area contributed by atoms with E-state index in [9.17, 15) is 15.0 Å². The predicted octanol–water partition coefficient (Wildman–Crippen LogP) is 4.21. The fraction of sp³-hybridized carbons (Fsp3) is 0.0500. The van der Waals surface area contributed by atoms with Gasteiger partial charge in [0.05, 0.1) is 0 Å². The minimum atomic E-state index is -0.380. The van der Waals surface area contributed by atoms with Crippen LogP contribution in [0.3, 0.4) is 0 Å². The average molecular weight is 350 g/mol. The third-order valence-electron chi connectivity index (χ3n) is 3.58. The van der Waals surface area contributed by atoms with Crippen molar-refractivity contribution in [3.8, 4) is 23.0 Å². The summed E-state index contributed by atoms with van der Waals surface area (Å²) in [5, 5.41) is 24.1. The number of hydrogen-bond donors (Lipinski definition) is 4. The number of carbonyl (C=O) groups excluding carboxylic acids is 1. The minimum absolute atomic E-state index is 0.198. The summed E-state index contributed by atoms with van der Waals surface area (Å²) >= 11 is 0. The van der Waals surface area contributed by atoms with E-state index in [0.29, 0.717) is 17.0 Å². The summed E-state index contributed by atoms with van der Waals surface area (Å²) in [6.07, 6.45) is 0. The number of benzene rings is 3. The van der Waals surface area contributed by atoms with Gasteiger partial charge in [-0.3, -0.25) is 0 Å². The fourth-order valence-corrected chi connectivity index (χ4v) is 2.27.